The van der Waals surface area contributed by atoms with Gasteiger partial charge in [0.2, 0.25) is 0 Å². The van der Waals surface area contributed by atoms with Gasteiger partial charge in [-0.2, -0.15) is 8.42 Å². The fraction of sp³-hybridized carbons (Fsp3) is 0.333. The second-order valence-electron chi connectivity index (χ2n) is 5.86. The molecular formula is C18H23NO4S. The number of methoxy groups -OCH3 is 1. The summed E-state index contributed by atoms with van der Waals surface area (Å²) in [5.41, 5.74) is 2.00. The van der Waals surface area contributed by atoms with Gasteiger partial charge < -0.3 is 10.1 Å². The zero-order valence-corrected chi connectivity index (χ0v) is 14.9. The van der Waals surface area contributed by atoms with E-state index in [-0.39, 0.29) is 22.7 Å². The Kier molecular flexibility index (Phi) is 5.99. The molecule has 0 heterocycles. The normalized spacial score (nSPS) is 14.2. The molecule has 2 N–H and O–H groups in total. The van der Waals surface area contributed by atoms with Gasteiger partial charge in [0.25, 0.3) is 10.1 Å². The van der Waals surface area contributed by atoms with Crippen molar-refractivity contribution in [2.24, 2.45) is 0 Å². The van der Waals surface area contributed by atoms with Gasteiger partial charge in [0.1, 0.15) is 10.6 Å². The molecule has 0 aliphatic heterocycles. The minimum atomic E-state index is -4.32. The Bertz CT molecular complexity index is 775. The maximum Gasteiger partial charge on any atom is 0.298 e. The maximum atomic E-state index is 11.5. The van der Waals surface area contributed by atoms with Crippen LogP contribution in [0, 0.1) is 0 Å². The Labute approximate surface area is 143 Å². The zero-order valence-electron chi connectivity index (χ0n) is 14.1. The number of hydrogen-bond donors (Lipinski definition) is 2. The smallest absolute Gasteiger partial charge is 0.298 e. The molecule has 2 atom stereocenters. The Morgan fingerprint density at radius 2 is 1.79 bits per heavy atom. The van der Waals surface area contributed by atoms with E-state index in [1.165, 1.54) is 18.7 Å². The molecule has 0 aliphatic rings. The summed E-state index contributed by atoms with van der Waals surface area (Å²) in [5.74, 6) is 0.138. The lowest BCUT2D eigenvalue weighted by Crippen LogP contribution is -2.30. The van der Waals surface area contributed by atoms with Crippen molar-refractivity contribution in [1.82, 2.24) is 5.32 Å². The number of benzene rings is 2. The van der Waals surface area contributed by atoms with Crippen LogP contribution in [0.5, 0.6) is 5.75 Å². The molecule has 0 spiro atoms. The van der Waals surface area contributed by atoms with E-state index in [2.05, 4.69) is 24.4 Å². The molecule has 0 saturated carbocycles. The summed E-state index contributed by atoms with van der Waals surface area (Å²) in [6.07, 6.45) is 0.629. The molecule has 0 amide bonds. The van der Waals surface area contributed by atoms with Crippen molar-refractivity contribution >= 4 is 10.1 Å². The van der Waals surface area contributed by atoms with Crippen LogP contribution < -0.4 is 10.1 Å². The van der Waals surface area contributed by atoms with Crippen LogP contribution in [0.1, 0.15) is 31.0 Å². The SMILES string of the molecule is COc1ccc(C[C@@H](C)NC(C)c2ccccc2)cc1S(=O)(=O)O. The van der Waals surface area contributed by atoms with Crippen LogP contribution in [0.15, 0.2) is 53.4 Å². The lowest BCUT2D eigenvalue weighted by Gasteiger charge is -2.21. The molecule has 5 nitrogen and oxygen atoms in total. The molecule has 6 heteroatoms. The lowest BCUT2D eigenvalue weighted by molar-refractivity contribution is 0.397. The first-order chi connectivity index (χ1) is 11.3. The second-order valence-corrected chi connectivity index (χ2v) is 7.25. The highest BCUT2D eigenvalue weighted by Gasteiger charge is 2.18. The monoisotopic (exact) mass is 349 g/mol. The van der Waals surface area contributed by atoms with Gasteiger partial charge in [-0.25, -0.2) is 0 Å². The Balaban J connectivity index is 2.10. The Morgan fingerprint density at radius 3 is 2.38 bits per heavy atom. The number of ether oxygens (including phenoxy) is 1. The molecule has 0 aromatic heterocycles. The van der Waals surface area contributed by atoms with Gasteiger partial charge in [-0.15, -0.1) is 0 Å². The van der Waals surface area contributed by atoms with Crippen LogP contribution in [0.2, 0.25) is 0 Å². The van der Waals surface area contributed by atoms with E-state index in [4.69, 9.17) is 4.74 Å². The quantitative estimate of drug-likeness (QED) is 0.751. The predicted molar refractivity (Wildman–Crippen MR) is 94.0 cm³/mol. The molecule has 0 aliphatic carbocycles. The van der Waals surface area contributed by atoms with Crippen molar-refractivity contribution in [2.75, 3.05) is 7.11 Å². The predicted octanol–water partition coefficient (Wildman–Crippen LogP) is 3.22. The topological polar surface area (TPSA) is 75.6 Å². The van der Waals surface area contributed by atoms with Gasteiger partial charge in [-0.1, -0.05) is 36.4 Å². The Hall–Kier alpha value is -1.89. The minimum absolute atomic E-state index is 0.128. The van der Waals surface area contributed by atoms with Crippen LogP contribution in [-0.2, 0) is 16.5 Å². The van der Waals surface area contributed by atoms with Crippen LogP contribution in [0.4, 0.5) is 0 Å². The first-order valence-electron chi connectivity index (χ1n) is 7.76. The molecule has 2 rings (SSSR count). The summed E-state index contributed by atoms with van der Waals surface area (Å²) in [4.78, 5) is -0.203. The van der Waals surface area contributed by atoms with Crippen LogP contribution in [-0.4, -0.2) is 26.1 Å². The number of rotatable bonds is 7. The molecule has 1 unspecified atom stereocenters. The van der Waals surface area contributed by atoms with Gasteiger partial charge in [0.05, 0.1) is 7.11 Å². The van der Waals surface area contributed by atoms with E-state index in [0.29, 0.717) is 6.42 Å². The van der Waals surface area contributed by atoms with Crippen LogP contribution in [0.25, 0.3) is 0 Å². The summed E-state index contributed by atoms with van der Waals surface area (Å²) in [6, 6.07) is 15.2. The second kappa shape index (κ2) is 7.79. The first-order valence-corrected chi connectivity index (χ1v) is 9.20. The van der Waals surface area contributed by atoms with Crippen molar-refractivity contribution in [2.45, 2.75) is 37.2 Å². The third-order valence-corrected chi connectivity index (χ3v) is 4.76. The third-order valence-electron chi connectivity index (χ3n) is 3.88. The molecule has 2 aromatic carbocycles. The van der Waals surface area contributed by atoms with E-state index in [9.17, 15) is 13.0 Å². The van der Waals surface area contributed by atoms with Gasteiger partial charge in [-0.3, -0.25) is 4.55 Å². The minimum Gasteiger partial charge on any atom is -0.495 e. The molecule has 0 radical (unpaired) electrons. The summed E-state index contributed by atoms with van der Waals surface area (Å²) in [6.45, 7) is 4.13. The molecule has 0 fully saturated rings. The fourth-order valence-corrected chi connectivity index (χ4v) is 3.43. The van der Waals surface area contributed by atoms with Gasteiger partial charge in [0.15, 0.2) is 0 Å². The highest BCUT2D eigenvalue weighted by atomic mass is 32.2. The van der Waals surface area contributed by atoms with Gasteiger partial charge >= 0.3 is 0 Å². The van der Waals surface area contributed by atoms with Crippen LogP contribution >= 0.6 is 0 Å². The molecular weight excluding hydrogens is 326 g/mol. The van der Waals surface area contributed by atoms with Crippen molar-refractivity contribution in [1.29, 1.82) is 0 Å². The summed E-state index contributed by atoms with van der Waals surface area (Å²) in [5, 5.41) is 3.49. The maximum absolute atomic E-state index is 11.5. The van der Waals surface area contributed by atoms with Crippen molar-refractivity contribution < 1.29 is 17.7 Å². The molecule has 0 bridgehead atoms. The lowest BCUT2D eigenvalue weighted by atomic mass is 10.0. The zero-order chi connectivity index (χ0) is 17.7. The fourth-order valence-electron chi connectivity index (χ4n) is 2.73. The van der Waals surface area contributed by atoms with E-state index >= 15 is 0 Å². The van der Waals surface area contributed by atoms with Crippen molar-refractivity contribution in [3.05, 3.63) is 59.7 Å². The third kappa shape index (κ3) is 4.80. The average molecular weight is 349 g/mol. The molecule has 2 aromatic rings. The standard InChI is InChI=1S/C18H23NO4S/c1-13(19-14(2)16-7-5-4-6-8-16)11-15-9-10-17(23-3)18(12-15)24(20,21)22/h4-10,12-14,19H,11H2,1-3H3,(H,20,21,22)/t13-,14?/m1/s1. The highest BCUT2D eigenvalue weighted by molar-refractivity contribution is 7.86. The highest BCUT2D eigenvalue weighted by Crippen LogP contribution is 2.25. The van der Waals surface area contributed by atoms with E-state index in [1.54, 1.807) is 12.1 Å². The summed E-state index contributed by atoms with van der Waals surface area (Å²) >= 11 is 0. The van der Waals surface area contributed by atoms with Gasteiger partial charge in [0, 0.05) is 12.1 Å². The number of nitrogens with one attached hydrogen (secondary N) is 1. The average Bonchev–Trinajstić information content (AvgIpc) is 2.54. The van der Waals surface area contributed by atoms with Crippen molar-refractivity contribution in [3.63, 3.8) is 0 Å². The molecule has 0 saturated heterocycles. The van der Waals surface area contributed by atoms with Gasteiger partial charge in [-0.05, 0) is 43.5 Å². The first kappa shape index (κ1) is 18.4. The summed E-state index contributed by atoms with van der Waals surface area (Å²) in [7, 11) is -2.94. The Morgan fingerprint density at radius 1 is 1.12 bits per heavy atom. The van der Waals surface area contributed by atoms with E-state index < -0.39 is 10.1 Å². The largest absolute Gasteiger partial charge is 0.495 e. The van der Waals surface area contributed by atoms with Crippen LogP contribution in [0.3, 0.4) is 0 Å². The number of hydrogen-bond acceptors (Lipinski definition) is 4. The molecule has 24 heavy (non-hydrogen) atoms. The van der Waals surface area contributed by atoms with E-state index in [0.717, 1.165) is 5.56 Å². The van der Waals surface area contributed by atoms with Crippen molar-refractivity contribution in [3.8, 4) is 5.75 Å². The molecule has 130 valence electrons. The summed E-state index contributed by atoms with van der Waals surface area (Å²) < 4.78 is 37.3. The van der Waals surface area contributed by atoms with E-state index in [1.807, 2.05) is 25.1 Å².